The summed E-state index contributed by atoms with van der Waals surface area (Å²) in [5.41, 5.74) is 0.196. The molecule has 4 nitrogen and oxygen atoms in total. The van der Waals surface area contributed by atoms with E-state index < -0.39 is 6.09 Å². The molecular weight excluding hydrogens is 407 g/mol. The first-order valence-corrected chi connectivity index (χ1v) is 7.87. The molecule has 0 aliphatic heterocycles. The van der Waals surface area contributed by atoms with Crippen LogP contribution in [0.4, 0.5) is 16.2 Å². The van der Waals surface area contributed by atoms with E-state index in [1.54, 1.807) is 12.1 Å². The second-order valence-corrected chi connectivity index (χ2v) is 6.12. The highest BCUT2D eigenvalue weighted by atomic mass is 35.5. The van der Waals surface area contributed by atoms with Crippen LogP contribution in [-0.2, 0) is 0 Å². The van der Waals surface area contributed by atoms with Gasteiger partial charge in [0, 0.05) is 0 Å². The molecular formula is C14H8Cl5NO3. The van der Waals surface area contributed by atoms with Gasteiger partial charge in [-0.25, -0.2) is 9.69 Å². The highest BCUT2D eigenvalue weighted by Gasteiger charge is 2.28. The minimum Gasteiger partial charge on any atom is -0.497 e. The van der Waals surface area contributed by atoms with Gasteiger partial charge in [0.2, 0.25) is 0 Å². The van der Waals surface area contributed by atoms with Crippen LogP contribution < -0.4 is 9.64 Å². The zero-order valence-electron chi connectivity index (χ0n) is 11.4. The Morgan fingerprint density at radius 2 is 1.35 bits per heavy atom. The van der Waals surface area contributed by atoms with Gasteiger partial charge in [-0.2, -0.15) is 0 Å². The van der Waals surface area contributed by atoms with Crippen molar-refractivity contribution < 1.29 is 14.6 Å². The maximum Gasteiger partial charge on any atom is 0.416 e. The van der Waals surface area contributed by atoms with Gasteiger partial charge in [0.1, 0.15) is 5.75 Å². The molecule has 23 heavy (non-hydrogen) atoms. The number of anilines is 2. The Morgan fingerprint density at radius 1 is 0.913 bits per heavy atom. The number of methoxy groups -OCH3 is 1. The van der Waals surface area contributed by atoms with Crippen molar-refractivity contribution in [3.05, 3.63) is 49.4 Å². The number of ether oxygens (including phenoxy) is 1. The molecule has 0 aliphatic carbocycles. The third-order valence-electron chi connectivity index (χ3n) is 2.93. The van der Waals surface area contributed by atoms with Crippen LogP contribution >= 0.6 is 58.0 Å². The average molecular weight is 415 g/mol. The van der Waals surface area contributed by atoms with Crippen molar-refractivity contribution in [2.24, 2.45) is 0 Å². The van der Waals surface area contributed by atoms with E-state index in [2.05, 4.69) is 0 Å². The van der Waals surface area contributed by atoms with E-state index in [4.69, 9.17) is 62.7 Å². The lowest BCUT2D eigenvalue weighted by molar-refractivity contribution is 0.205. The van der Waals surface area contributed by atoms with Gasteiger partial charge in [0.15, 0.2) is 0 Å². The molecule has 0 bridgehead atoms. The summed E-state index contributed by atoms with van der Waals surface area (Å²) in [6.45, 7) is 0. The lowest BCUT2D eigenvalue weighted by atomic mass is 10.2. The van der Waals surface area contributed by atoms with Crippen LogP contribution in [0.15, 0.2) is 24.3 Å². The molecule has 2 rings (SSSR count). The molecule has 2 aromatic carbocycles. The van der Waals surface area contributed by atoms with Gasteiger partial charge in [0.25, 0.3) is 0 Å². The molecule has 0 saturated heterocycles. The number of nitrogens with zero attached hydrogens (tertiary/aromatic N) is 1. The van der Waals surface area contributed by atoms with E-state index in [1.165, 1.54) is 19.2 Å². The molecule has 122 valence electrons. The fourth-order valence-corrected chi connectivity index (χ4v) is 3.15. The summed E-state index contributed by atoms with van der Waals surface area (Å²) >= 11 is 30.2. The second-order valence-electron chi connectivity index (χ2n) is 4.23. The van der Waals surface area contributed by atoms with Crippen LogP contribution in [0.3, 0.4) is 0 Å². The van der Waals surface area contributed by atoms with E-state index in [0.717, 1.165) is 4.90 Å². The lowest BCUT2D eigenvalue weighted by Crippen LogP contribution is -2.24. The van der Waals surface area contributed by atoms with Crippen molar-refractivity contribution >= 4 is 75.5 Å². The predicted octanol–water partition coefficient (Wildman–Crippen LogP) is 6.78. The number of benzene rings is 2. The Labute approximate surface area is 157 Å². The molecule has 1 amide bonds. The van der Waals surface area contributed by atoms with E-state index in [9.17, 15) is 9.90 Å². The van der Waals surface area contributed by atoms with Crippen molar-refractivity contribution in [1.82, 2.24) is 0 Å². The molecule has 0 radical (unpaired) electrons. The van der Waals surface area contributed by atoms with Crippen LogP contribution in [0.2, 0.25) is 25.1 Å². The number of halogens is 5. The SMILES string of the molecule is COc1ccc(N(C(=O)O)c2c(Cl)c(Cl)c(Cl)c(Cl)c2Cl)cc1. The molecule has 0 atom stereocenters. The third kappa shape index (κ3) is 3.42. The number of hydrogen-bond donors (Lipinski definition) is 1. The lowest BCUT2D eigenvalue weighted by Gasteiger charge is -2.23. The predicted molar refractivity (Wildman–Crippen MR) is 94.6 cm³/mol. The van der Waals surface area contributed by atoms with Crippen molar-refractivity contribution in [1.29, 1.82) is 0 Å². The summed E-state index contributed by atoms with van der Waals surface area (Å²) in [6.07, 6.45) is -1.33. The summed E-state index contributed by atoms with van der Waals surface area (Å²) in [5.74, 6) is 0.559. The molecule has 0 aromatic heterocycles. The highest BCUT2D eigenvalue weighted by Crippen LogP contribution is 2.50. The first-order chi connectivity index (χ1) is 10.8. The molecule has 2 aromatic rings. The Balaban J connectivity index is 2.70. The normalized spacial score (nSPS) is 10.5. The maximum absolute atomic E-state index is 11.7. The molecule has 0 fully saturated rings. The number of carbonyl (C=O) groups is 1. The number of amides is 1. The highest BCUT2D eigenvalue weighted by molar-refractivity contribution is 6.56. The zero-order chi connectivity index (χ0) is 17.3. The first-order valence-electron chi connectivity index (χ1n) is 5.98. The van der Waals surface area contributed by atoms with E-state index in [-0.39, 0.29) is 36.5 Å². The molecule has 0 aliphatic rings. The van der Waals surface area contributed by atoms with Crippen LogP contribution in [0.25, 0.3) is 0 Å². The van der Waals surface area contributed by atoms with Gasteiger partial charge in [-0.05, 0) is 24.3 Å². The summed E-state index contributed by atoms with van der Waals surface area (Å²) < 4.78 is 5.04. The molecule has 0 unspecified atom stereocenters. The van der Waals surface area contributed by atoms with Crippen LogP contribution in [-0.4, -0.2) is 18.3 Å². The summed E-state index contributed by atoms with van der Waals surface area (Å²) in [7, 11) is 1.50. The third-order valence-corrected chi connectivity index (χ3v) is 5.19. The van der Waals surface area contributed by atoms with E-state index >= 15 is 0 Å². The van der Waals surface area contributed by atoms with Crippen molar-refractivity contribution in [3.63, 3.8) is 0 Å². The summed E-state index contributed by atoms with van der Waals surface area (Å²) in [6, 6.07) is 6.23. The topological polar surface area (TPSA) is 49.8 Å². The average Bonchev–Trinajstić information content (AvgIpc) is 2.55. The Kier molecular flexibility index (Phi) is 5.76. The summed E-state index contributed by atoms with van der Waals surface area (Å²) in [4.78, 5) is 12.6. The smallest absolute Gasteiger partial charge is 0.416 e. The quantitative estimate of drug-likeness (QED) is 0.444. The molecule has 1 N–H and O–H groups in total. The fraction of sp³-hybridized carbons (Fsp3) is 0.0714. The maximum atomic E-state index is 11.7. The van der Waals surface area contributed by atoms with Crippen LogP contribution in [0.5, 0.6) is 5.75 Å². The minimum absolute atomic E-state index is 0.0489. The van der Waals surface area contributed by atoms with Gasteiger partial charge >= 0.3 is 6.09 Å². The summed E-state index contributed by atoms with van der Waals surface area (Å²) in [5, 5.41) is 9.10. The van der Waals surface area contributed by atoms with Gasteiger partial charge < -0.3 is 9.84 Å². The minimum atomic E-state index is -1.33. The zero-order valence-corrected chi connectivity index (χ0v) is 15.2. The van der Waals surface area contributed by atoms with Gasteiger partial charge in [-0.3, -0.25) is 0 Å². The Bertz CT molecular complexity index is 735. The standard InChI is InChI=1S/C14H8Cl5NO3/c1-23-7-4-2-6(3-5-7)20(14(21)22)13-11(18)9(16)8(15)10(17)12(13)19/h2-5H,1H3,(H,21,22). The van der Waals surface area contributed by atoms with Crippen LogP contribution in [0.1, 0.15) is 0 Å². The van der Waals surface area contributed by atoms with Gasteiger partial charge in [-0.15, -0.1) is 0 Å². The van der Waals surface area contributed by atoms with Crippen LogP contribution in [0, 0.1) is 0 Å². The van der Waals surface area contributed by atoms with Gasteiger partial charge in [-0.1, -0.05) is 58.0 Å². The molecule has 0 saturated carbocycles. The van der Waals surface area contributed by atoms with Crippen molar-refractivity contribution in [3.8, 4) is 5.75 Å². The molecule has 9 heteroatoms. The number of rotatable bonds is 3. The Morgan fingerprint density at radius 3 is 1.74 bits per heavy atom. The first kappa shape index (κ1) is 18.3. The molecule has 0 spiro atoms. The number of carboxylic acid groups (broad SMARTS) is 1. The van der Waals surface area contributed by atoms with Gasteiger partial charge in [0.05, 0.1) is 43.6 Å². The largest absolute Gasteiger partial charge is 0.497 e. The fourth-order valence-electron chi connectivity index (χ4n) is 1.86. The molecule has 0 heterocycles. The van der Waals surface area contributed by atoms with E-state index in [0.29, 0.717) is 5.75 Å². The van der Waals surface area contributed by atoms with Crippen molar-refractivity contribution in [2.45, 2.75) is 0 Å². The monoisotopic (exact) mass is 413 g/mol. The Hall–Kier alpha value is -1.04. The number of hydrogen-bond acceptors (Lipinski definition) is 2. The second kappa shape index (κ2) is 7.24. The van der Waals surface area contributed by atoms with E-state index in [1.807, 2.05) is 0 Å². The van der Waals surface area contributed by atoms with Crippen molar-refractivity contribution in [2.75, 3.05) is 12.0 Å².